The molecule has 19 heavy (non-hydrogen) atoms. The van der Waals surface area contributed by atoms with E-state index in [0.29, 0.717) is 22.0 Å². The Morgan fingerprint density at radius 3 is 2.95 bits per heavy atom. The summed E-state index contributed by atoms with van der Waals surface area (Å²) >= 11 is 5.96. The average Bonchev–Trinajstić information content (AvgIpc) is 2.39. The van der Waals surface area contributed by atoms with Crippen LogP contribution in [0.2, 0.25) is 5.02 Å². The normalized spacial score (nSPS) is 19.9. The summed E-state index contributed by atoms with van der Waals surface area (Å²) in [4.78, 5) is 10.6. The second-order valence-electron chi connectivity index (χ2n) is 5.02. The van der Waals surface area contributed by atoms with Crippen molar-refractivity contribution in [2.75, 3.05) is 11.4 Å². The maximum Gasteiger partial charge on any atom is 0.151 e. The van der Waals surface area contributed by atoms with Crippen molar-refractivity contribution in [1.29, 1.82) is 0 Å². The van der Waals surface area contributed by atoms with Crippen LogP contribution in [-0.2, 0) is 0 Å². The Balaban J connectivity index is 2.17. The number of anilines is 1. The van der Waals surface area contributed by atoms with Crippen LogP contribution in [-0.4, -0.2) is 22.6 Å². The highest BCUT2D eigenvalue weighted by atomic mass is 35.5. The van der Waals surface area contributed by atoms with Gasteiger partial charge in [0.05, 0.1) is 0 Å². The molecule has 0 radical (unpaired) electrons. The summed E-state index contributed by atoms with van der Waals surface area (Å²) in [5.41, 5.74) is 0.340. The molecular formula is C14H15ClFN3. The Kier molecular flexibility index (Phi) is 3.27. The topological polar surface area (TPSA) is 29.0 Å². The van der Waals surface area contributed by atoms with Crippen LogP contribution in [0.3, 0.4) is 0 Å². The number of hydrogen-bond donors (Lipinski definition) is 0. The predicted octanol–water partition coefficient (Wildman–Crippen LogP) is 3.80. The monoisotopic (exact) mass is 279 g/mol. The molecule has 3 nitrogen and oxygen atoms in total. The van der Waals surface area contributed by atoms with Crippen LogP contribution in [0.5, 0.6) is 0 Å². The lowest BCUT2D eigenvalue weighted by Crippen LogP contribution is -2.38. The molecule has 0 amide bonds. The van der Waals surface area contributed by atoms with E-state index in [0.717, 1.165) is 25.2 Å². The molecule has 0 unspecified atom stereocenters. The summed E-state index contributed by atoms with van der Waals surface area (Å²) in [6.07, 6.45) is 4.93. The van der Waals surface area contributed by atoms with E-state index in [9.17, 15) is 4.39 Å². The van der Waals surface area contributed by atoms with Gasteiger partial charge >= 0.3 is 0 Å². The molecule has 0 N–H and O–H groups in total. The van der Waals surface area contributed by atoms with E-state index in [1.165, 1.54) is 18.8 Å². The van der Waals surface area contributed by atoms with E-state index in [4.69, 9.17) is 11.6 Å². The summed E-state index contributed by atoms with van der Waals surface area (Å²) in [5.74, 6) is 0.398. The van der Waals surface area contributed by atoms with Gasteiger partial charge in [0, 0.05) is 23.0 Å². The number of aromatic nitrogens is 2. The summed E-state index contributed by atoms with van der Waals surface area (Å²) < 4.78 is 13.9. The smallest absolute Gasteiger partial charge is 0.151 e. The minimum absolute atomic E-state index is 0.340. The Bertz CT molecular complexity index is 617. The molecular weight excluding hydrogens is 265 g/mol. The Hall–Kier alpha value is -1.42. The van der Waals surface area contributed by atoms with Crippen molar-refractivity contribution in [3.8, 4) is 0 Å². The highest BCUT2D eigenvalue weighted by molar-refractivity contribution is 6.31. The largest absolute Gasteiger partial charge is 0.353 e. The third-order valence-electron chi connectivity index (χ3n) is 3.71. The molecule has 1 atom stereocenters. The van der Waals surface area contributed by atoms with Crippen LogP contribution in [0, 0.1) is 5.82 Å². The van der Waals surface area contributed by atoms with E-state index in [1.807, 2.05) is 0 Å². The van der Waals surface area contributed by atoms with Crippen LogP contribution in [0.1, 0.15) is 26.2 Å². The first-order chi connectivity index (χ1) is 9.16. The van der Waals surface area contributed by atoms with E-state index >= 15 is 0 Å². The highest BCUT2D eigenvalue weighted by Gasteiger charge is 2.22. The molecule has 3 rings (SSSR count). The standard InChI is InChI=1S/C14H15ClFN3/c1-9-4-2-3-5-19(9)14-11-6-10(15)7-12(16)13(11)17-8-18-14/h6-9H,2-5H2,1H3/t9-/m0/s1. The number of benzene rings is 1. The molecule has 0 spiro atoms. The Labute approximate surface area is 116 Å². The van der Waals surface area contributed by atoms with Crippen molar-refractivity contribution < 1.29 is 4.39 Å². The van der Waals surface area contributed by atoms with Crippen molar-refractivity contribution in [2.45, 2.75) is 32.2 Å². The summed E-state index contributed by atoms with van der Waals surface area (Å²) in [6, 6.07) is 3.45. The predicted molar refractivity (Wildman–Crippen MR) is 75.2 cm³/mol. The lowest BCUT2D eigenvalue weighted by Gasteiger charge is -2.34. The van der Waals surface area contributed by atoms with Crippen LogP contribution >= 0.6 is 11.6 Å². The SMILES string of the molecule is C[C@H]1CCCCN1c1ncnc2c(F)cc(Cl)cc12. The van der Waals surface area contributed by atoms with Gasteiger partial charge in [0.2, 0.25) is 0 Å². The van der Waals surface area contributed by atoms with Gasteiger partial charge in [0.1, 0.15) is 17.7 Å². The molecule has 2 aromatic rings. The molecule has 1 aromatic heterocycles. The fraction of sp³-hybridized carbons (Fsp3) is 0.429. The number of fused-ring (bicyclic) bond motifs is 1. The quantitative estimate of drug-likeness (QED) is 0.795. The molecule has 0 bridgehead atoms. The fourth-order valence-corrected chi connectivity index (χ4v) is 2.93. The maximum atomic E-state index is 13.9. The van der Waals surface area contributed by atoms with E-state index in [-0.39, 0.29) is 0 Å². The zero-order valence-corrected chi connectivity index (χ0v) is 11.5. The van der Waals surface area contributed by atoms with E-state index in [1.54, 1.807) is 6.07 Å². The zero-order valence-electron chi connectivity index (χ0n) is 10.7. The second-order valence-corrected chi connectivity index (χ2v) is 5.46. The zero-order chi connectivity index (χ0) is 13.4. The Morgan fingerprint density at radius 1 is 1.32 bits per heavy atom. The Morgan fingerprint density at radius 2 is 2.16 bits per heavy atom. The van der Waals surface area contributed by atoms with Crippen molar-refractivity contribution in [1.82, 2.24) is 9.97 Å². The molecule has 0 aliphatic carbocycles. The molecule has 1 aliphatic rings. The van der Waals surface area contributed by atoms with Gasteiger partial charge in [-0.05, 0) is 38.3 Å². The van der Waals surface area contributed by atoms with Gasteiger partial charge in [-0.15, -0.1) is 0 Å². The van der Waals surface area contributed by atoms with Crippen LogP contribution in [0.25, 0.3) is 10.9 Å². The number of nitrogens with zero attached hydrogens (tertiary/aromatic N) is 3. The van der Waals surface area contributed by atoms with Crippen molar-refractivity contribution in [3.05, 3.63) is 29.3 Å². The minimum Gasteiger partial charge on any atom is -0.353 e. The fourth-order valence-electron chi connectivity index (χ4n) is 2.72. The van der Waals surface area contributed by atoms with Gasteiger partial charge in [-0.3, -0.25) is 0 Å². The number of halogens is 2. The molecule has 5 heteroatoms. The first-order valence-electron chi connectivity index (χ1n) is 6.53. The first-order valence-corrected chi connectivity index (χ1v) is 6.91. The molecule has 1 aliphatic heterocycles. The third-order valence-corrected chi connectivity index (χ3v) is 3.93. The third kappa shape index (κ3) is 2.25. The van der Waals surface area contributed by atoms with Crippen LogP contribution < -0.4 is 4.90 Å². The van der Waals surface area contributed by atoms with Gasteiger partial charge in [0.15, 0.2) is 5.82 Å². The minimum atomic E-state index is -0.393. The average molecular weight is 280 g/mol. The van der Waals surface area contributed by atoms with Gasteiger partial charge in [-0.1, -0.05) is 11.6 Å². The molecule has 100 valence electrons. The van der Waals surface area contributed by atoms with Gasteiger partial charge in [0.25, 0.3) is 0 Å². The van der Waals surface area contributed by atoms with Crippen LogP contribution in [0.4, 0.5) is 10.2 Å². The second kappa shape index (κ2) is 4.93. The molecule has 2 heterocycles. The molecule has 1 saturated heterocycles. The lowest BCUT2D eigenvalue weighted by molar-refractivity contribution is 0.482. The number of hydrogen-bond acceptors (Lipinski definition) is 3. The summed E-state index contributed by atoms with van der Waals surface area (Å²) in [6.45, 7) is 3.12. The molecule has 1 fully saturated rings. The van der Waals surface area contributed by atoms with E-state index < -0.39 is 5.82 Å². The maximum absolute atomic E-state index is 13.9. The molecule has 1 aromatic carbocycles. The lowest BCUT2D eigenvalue weighted by atomic mass is 10.0. The number of piperidine rings is 1. The van der Waals surface area contributed by atoms with Crippen molar-refractivity contribution in [2.24, 2.45) is 0 Å². The van der Waals surface area contributed by atoms with Crippen LogP contribution in [0.15, 0.2) is 18.5 Å². The van der Waals surface area contributed by atoms with E-state index in [2.05, 4.69) is 21.8 Å². The summed E-state index contributed by atoms with van der Waals surface area (Å²) in [7, 11) is 0. The van der Waals surface area contributed by atoms with Gasteiger partial charge in [-0.2, -0.15) is 0 Å². The first kappa shape index (κ1) is 12.6. The van der Waals surface area contributed by atoms with Gasteiger partial charge in [-0.25, -0.2) is 14.4 Å². The van der Waals surface area contributed by atoms with Gasteiger partial charge < -0.3 is 4.90 Å². The molecule has 0 saturated carbocycles. The summed E-state index contributed by atoms with van der Waals surface area (Å²) in [5, 5.41) is 1.08. The highest BCUT2D eigenvalue weighted by Crippen LogP contribution is 2.31. The van der Waals surface area contributed by atoms with Crippen molar-refractivity contribution in [3.63, 3.8) is 0 Å². The number of rotatable bonds is 1. The van der Waals surface area contributed by atoms with Crippen molar-refractivity contribution >= 4 is 28.3 Å².